The highest BCUT2D eigenvalue weighted by Gasteiger charge is 2.23. The Morgan fingerprint density at radius 2 is 2.03 bits per heavy atom. The highest BCUT2D eigenvalue weighted by Crippen LogP contribution is 2.33. The van der Waals surface area contributed by atoms with E-state index in [4.69, 9.17) is 13.9 Å². The Kier molecular flexibility index (Phi) is 5.48. The lowest BCUT2D eigenvalue weighted by atomic mass is 10.2. The van der Waals surface area contributed by atoms with Crippen molar-refractivity contribution in [3.63, 3.8) is 0 Å². The molecule has 2 aromatic heterocycles. The van der Waals surface area contributed by atoms with Crippen LogP contribution in [0.4, 0.5) is 5.13 Å². The maximum Gasteiger partial charge on any atom is 0.260 e. The van der Waals surface area contributed by atoms with Gasteiger partial charge >= 0.3 is 0 Å². The molecule has 2 aromatic carbocycles. The van der Waals surface area contributed by atoms with E-state index in [2.05, 4.69) is 4.98 Å². The van der Waals surface area contributed by atoms with Crippen molar-refractivity contribution in [3.8, 4) is 11.5 Å². The van der Waals surface area contributed by atoms with Gasteiger partial charge in [-0.15, -0.1) is 0 Å². The summed E-state index contributed by atoms with van der Waals surface area (Å²) in [4.78, 5) is 19.7. The molecule has 0 saturated heterocycles. The van der Waals surface area contributed by atoms with E-state index in [1.54, 1.807) is 48.6 Å². The molecule has 0 spiro atoms. The second-order valence-corrected chi connectivity index (χ2v) is 7.27. The summed E-state index contributed by atoms with van der Waals surface area (Å²) in [5.74, 6) is 1.91. The van der Waals surface area contributed by atoms with Crippen molar-refractivity contribution in [2.24, 2.45) is 0 Å². The van der Waals surface area contributed by atoms with Crippen LogP contribution >= 0.6 is 11.3 Å². The number of methoxy groups -OCH3 is 1. The van der Waals surface area contributed by atoms with Gasteiger partial charge in [0.2, 0.25) is 0 Å². The Hall–Kier alpha value is -3.32. The Morgan fingerprint density at radius 1 is 1.14 bits per heavy atom. The van der Waals surface area contributed by atoms with Crippen LogP contribution in [0.15, 0.2) is 65.3 Å². The summed E-state index contributed by atoms with van der Waals surface area (Å²) in [6.45, 7) is 2.82. The van der Waals surface area contributed by atoms with Gasteiger partial charge in [-0.25, -0.2) is 4.98 Å². The number of furan rings is 1. The number of thiazole rings is 1. The fourth-order valence-electron chi connectivity index (χ4n) is 2.96. The number of anilines is 1. The SMILES string of the molecule is CCOc1ccc2nc(N(Cc3ccco3)C(=O)c3cccc(OC)c3)sc2c1. The van der Waals surface area contributed by atoms with Gasteiger partial charge in [-0.3, -0.25) is 9.69 Å². The maximum absolute atomic E-state index is 13.4. The van der Waals surface area contributed by atoms with Crippen LogP contribution in [0.1, 0.15) is 23.0 Å². The summed E-state index contributed by atoms with van der Waals surface area (Å²) in [6.07, 6.45) is 1.59. The van der Waals surface area contributed by atoms with E-state index < -0.39 is 0 Å². The largest absolute Gasteiger partial charge is 0.497 e. The first kappa shape index (κ1) is 19.0. The number of ether oxygens (including phenoxy) is 2. The van der Waals surface area contributed by atoms with Crippen molar-refractivity contribution in [3.05, 3.63) is 72.2 Å². The average molecular weight is 408 g/mol. The molecule has 2 heterocycles. The molecule has 148 valence electrons. The predicted molar refractivity (Wildman–Crippen MR) is 113 cm³/mol. The Morgan fingerprint density at radius 3 is 2.79 bits per heavy atom. The molecule has 0 saturated carbocycles. The van der Waals surface area contributed by atoms with Crippen molar-refractivity contribution < 1.29 is 18.7 Å². The minimum Gasteiger partial charge on any atom is -0.497 e. The first-order chi connectivity index (χ1) is 14.2. The maximum atomic E-state index is 13.4. The number of amides is 1. The third kappa shape index (κ3) is 4.09. The van der Waals surface area contributed by atoms with Gasteiger partial charge in [-0.1, -0.05) is 17.4 Å². The van der Waals surface area contributed by atoms with E-state index in [9.17, 15) is 4.79 Å². The Bertz CT molecular complexity index is 1120. The molecule has 0 bridgehead atoms. The van der Waals surface area contributed by atoms with Gasteiger partial charge in [0.05, 0.1) is 36.7 Å². The fraction of sp³-hybridized carbons (Fsp3) is 0.182. The third-order valence-corrected chi connectivity index (χ3v) is 5.39. The average Bonchev–Trinajstić information content (AvgIpc) is 3.41. The number of nitrogens with zero attached hydrogens (tertiary/aromatic N) is 2. The van der Waals surface area contributed by atoms with Gasteiger partial charge in [0, 0.05) is 5.56 Å². The van der Waals surface area contributed by atoms with Crippen LogP contribution in [0.25, 0.3) is 10.2 Å². The zero-order chi connectivity index (χ0) is 20.2. The zero-order valence-corrected chi connectivity index (χ0v) is 16.9. The predicted octanol–water partition coefficient (Wildman–Crippen LogP) is 5.14. The molecule has 1 amide bonds. The molecule has 0 aliphatic heterocycles. The van der Waals surface area contributed by atoms with E-state index >= 15 is 0 Å². The molecule has 6 nitrogen and oxygen atoms in total. The highest BCUT2D eigenvalue weighted by molar-refractivity contribution is 7.22. The lowest BCUT2D eigenvalue weighted by Gasteiger charge is -2.19. The number of benzene rings is 2. The van der Waals surface area contributed by atoms with Gasteiger partial charge in [0.1, 0.15) is 17.3 Å². The summed E-state index contributed by atoms with van der Waals surface area (Å²) in [7, 11) is 1.58. The van der Waals surface area contributed by atoms with Crippen LogP contribution < -0.4 is 14.4 Å². The number of hydrogen-bond donors (Lipinski definition) is 0. The summed E-state index contributed by atoms with van der Waals surface area (Å²) >= 11 is 1.44. The standard InChI is InChI=1S/C22H20N2O4S/c1-3-27-17-9-10-19-20(13-17)29-22(23-19)24(14-18-8-5-11-28-18)21(25)15-6-4-7-16(12-15)26-2/h4-13H,3,14H2,1-2H3. The number of rotatable bonds is 7. The van der Waals surface area contributed by atoms with E-state index in [-0.39, 0.29) is 12.5 Å². The smallest absolute Gasteiger partial charge is 0.260 e. The first-order valence-electron chi connectivity index (χ1n) is 9.19. The fourth-order valence-corrected chi connectivity index (χ4v) is 3.95. The molecule has 0 atom stereocenters. The molecule has 4 aromatic rings. The van der Waals surface area contributed by atoms with Gasteiger partial charge in [0.25, 0.3) is 5.91 Å². The topological polar surface area (TPSA) is 64.8 Å². The number of aromatic nitrogens is 1. The lowest BCUT2D eigenvalue weighted by molar-refractivity contribution is 0.0983. The van der Waals surface area contributed by atoms with Crippen LogP contribution in [-0.4, -0.2) is 24.6 Å². The van der Waals surface area contributed by atoms with Crippen LogP contribution in [0.2, 0.25) is 0 Å². The number of hydrogen-bond acceptors (Lipinski definition) is 6. The van der Waals surface area contributed by atoms with Crippen molar-refractivity contribution in [2.75, 3.05) is 18.6 Å². The molecule has 0 aliphatic carbocycles. The number of carbonyl (C=O) groups excluding carboxylic acids is 1. The molecule has 0 radical (unpaired) electrons. The molecular formula is C22H20N2O4S. The van der Waals surface area contributed by atoms with Crippen LogP contribution in [0.3, 0.4) is 0 Å². The van der Waals surface area contributed by atoms with Gasteiger partial charge in [-0.05, 0) is 55.5 Å². The minimum absolute atomic E-state index is 0.176. The quantitative estimate of drug-likeness (QED) is 0.423. The van der Waals surface area contributed by atoms with E-state index in [1.165, 1.54) is 11.3 Å². The van der Waals surface area contributed by atoms with Crippen molar-refractivity contribution in [1.82, 2.24) is 4.98 Å². The van der Waals surface area contributed by atoms with Crippen molar-refractivity contribution in [1.29, 1.82) is 0 Å². The van der Waals surface area contributed by atoms with Crippen LogP contribution in [0, 0.1) is 0 Å². The van der Waals surface area contributed by atoms with Gasteiger partial charge in [-0.2, -0.15) is 0 Å². The van der Waals surface area contributed by atoms with E-state index in [1.807, 2.05) is 31.2 Å². The lowest BCUT2D eigenvalue weighted by Crippen LogP contribution is -2.30. The second kappa shape index (κ2) is 8.36. The Labute approximate surface area is 172 Å². The monoisotopic (exact) mass is 408 g/mol. The highest BCUT2D eigenvalue weighted by atomic mass is 32.1. The van der Waals surface area contributed by atoms with Crippen molar-refractivity contribution >= 4 is 32.6 Å². The molecule has 0 fully saturated rings. The summed E-state index contributed by atoms with van der Waals surface area (Å²) in [6, 6.07) is 16.5. The molecule has 0 aliphatic rings. The molecule has 7 heteroatoms. The van der Waals surface area contributed by atoms with Crippen LogP contribution in [-0.2, 0) is 6.54 Å². The van der Waals surface area contributed by atoms with Crippen molar-refractivity contribution in [2.45, 2.75) is 13.5 Å². The van der Waals surface area contributed by atoms with Gasteiger partial charge in [0.15, 0.2) is 5.13 Å². The number of carbonyl (C=O) groups is 1. The molecule has 29 heavy (non-hydrogen) atoms. The number of fused-ring (bicyclic) bond motifs is 1. The summed E-state index contributed by atoms with van der Waals surface area (Å²) in [5.41, 5.74) is 1.33. The van der Waals surface area contributed by atoms with Crippen LogP contribution in [0.5, 0.6) is 11.5 Å². The Balaban J connectivity index is 1.73. The second-order valence-electron chi connectivity index (χ2n) is 6.26. The normalized spacial score (nSPS) is 10.8. The summed E-state index contributed by atoms with van der Waals surface area (Å²) < 4.78 is 17.3. The molecule has 0 unspecified atom stereocenters. The van der Waals surface area contributed by atoms with E-state index in [0.717, 1.165) is 16.0 Å². The molecular weight excluding hydrogens is 388 g/mol. The van der Waals surface area contributed by atoms with Gasteiger partial charge < -0.3 is 13.9 Å². The zero-order valence-electron chi connectivity index (χ0n) is 16.1. The molecule has 4 rings (SSSR count). The molecule has 0 N–H and O–H groups in total. The third-order valence-electron chi connectivity index (χ3n) is 4.35. The first-order valence-corrected chi connectivity index (χ1v) is 10.0. The minimum atomic E-state index is -0.176. The summed E-state index contributed by atoms with van der Waals surface area (Å²) in [5, 5.41) is 0.595. The van der Waals surface area contributed by atoms with E-state index in [0.29, 0.717) is 28.8 Å².